The zero-order valence-electron chi connectivity index (χ0n) is 15.0. The van der Waals surface area contributed by atoms with Crippen molar-refractivity contribution in [2.24, 2.45) is 5.92 Å². The number of carbonyl (C=O) groups is 1. The normalized spacial score (nSPS) is 11.2. The van der Waals surface area contributed by atoms with Crippen LogP contribution in [0, 0.1) is 10.7 Å². The minimum absolute atomic E-state index is 0.0502. The van der Waals surface area contributed by atoms with Crippen molar-refractivity contribution in [3.05, 3.63) is 39.4 Å². The first-order valence-electron chi connectivity index (χ1n) is 8.97. The number of benzene rings is 1. The number of fused-ring (bicyclic) bond motifs is 1. The smallest absolute Gasteiger partial charge is 0.262 e. The van der Waals surface area contributed by atoms with Gasteiger partial charge in [-0.1, -0.05) is 32.4 Å². The molecule has 0 bridgehead atoms. The lowest BCUT2D eigenvalue weighted by Crippen LogP contribution is -2.25. The Morgan fingerprint density at radius 3 is 2.76 bits per heavy atom. The highest BCUT2D eigenvalue weighted by Gasteiger charge is 2.05. The molecular weight excluding hydrogens is 334 g/mol. The van der Waals surface area contributed by atoms with Gasteiger partial charge >= 0.3 is 0 Å². The molecule has 0 atom stereocenters. The summed E-state index contributed by atoms with van der Waals surface area (Å²) in [5, 5.41) is 3.60. The molecule has 0 unspecified atom stereocenters. The molecule has 136 valence electrons. The highest BCUT2D eigenvalue weighted by molar-refractivity contribution is 7.71. The van der Waals surface area contributed by atoms with Gasteiger partial charge in [0.25, 0.3) is 5.56 Å². The molecule has 1 heterocycles. The van der Waals surface area contributed by atoms with Crippen LogP contribution in [0.5, 0.6) is 0 Å². The van der Waals surface area contributed by atoms with E-state index < -0.39 is 0 Å². The first kappa shape index (κ1) is 19.4. The third kappa shape index (κ3) is 5.81. The lowest BCUT2D eigenvalue weighted by atomic mass is 10.1. The van der Waals surface area contributed by atoms with Gasteiger partial charge < -0.3 is 10.3 Å². The molecule has 2 N–H and O–H groups in total. The number of amides is 1. The first-order chi connectivity index (χ1) is 12.0. The summed E-state index contributed by atoms with van der Waals surface area (Å²) in [7, 11) is 0. The largest absolute Gasteiger partial charge is 0.356 e. The molecule has 2 rings (SSSR count). The summed E-state index contributed by atoms with van der Waals surface area (Å²) in [4.78, 5) is 27.3. The van der Waals surface area contributed by atoms with Crippen LogP contribution in [-0.4, -0.2) is 22.0 Å². The van der Waals surface area contributed by atoms with Gasteiger partial charge in [-0.3, -0.25) is 14.2 Å². The Kier molecular flexibility index (Phi) is 7.37. The van der Waals surface area contributed by atoms with E-state index in [1.165, 1.54) is 0 Å². The van der Waals surface area contributed by atoms with Crippen LogP contribution in [0.4, 0.5) is 0 Å². The quantitative estimate of drug-likeness (QED) is 0.527. The van der Waals surface area contributed by atoms with Gasteiger partial charge in [-0.25, -0.2) is 0 Å². The Morgan fingerprint density at radius 1 is 1.24 bits per heavy atom. The summed E-state index contributed by atoms with van der Waals surface area (Å²) in [5.41, 5.74) is 0.720. The van der Waals surface area contributed by atoms with Crippen LogP contribution in [-0.2, 0) is 11.3 Å². The van der Waals surface area contributed by atoms with Crippen molar-refractivity contribution in [2.45, 2.75) is 52.5 Å². The van der Waals surface area contributed by atoms with Crippen LogP contribution in [0.1, 0.15) is 46.0 Å². The zero-order valence-corrected chi connectivity index (χ0v) is 15.8. The van der Waals surface area contributed by atoms with Crippen molar-refractivity contribution in [2.75, 3.05) is 6.54 Å². The van der Waals surface area contributed by atoms with Crippen LogP contribution in [0.25, 0.3) is 10.9 Å². The van der Waals surface area contributed by atoms with Crippen molar-refractivity contribution in [3.63, 3.8) is 0 Å². The third-order valence-corrected chi connectivity index (χ3v) is 4.54. The SMILES string of the molecule is CC(C)CCNC(=O)CCCCCn1c(=S)[nH]c2ccccc2c1=O. The molecule has 2 aromatic rings. The van der Waals surface area contributed by atoms with Gasteiger partial charge in [-0.15, -0.1) is 0 Å². The summed E-state index contributed by atoms with van der Waals surface area (Å²) >= 11 is 5.30. The van der Waals surface area contributed by atoms with E-state index in [0.29, 0.717) is 29.0 Å². The fourth-order valence-electron chi connectivity index (χ4n) is 2.72. The molecule has 0 aliphatic carbocycles. The standard InChI is InChI=1S/C19H27N3O2S/c1-14(2)11-12-20-17(23)10-4-3-7-13-22-18(24)15-8-5-6-9-16(15)21-19(22)25/h5-6,8-9,14H,3-4,7,10-13H2,1-2H3,(H,20,23)(H,21,25). The topological polar surface area (TPSA) is 66.9 Å². The van der Waals surface area contributed by atoms with E-state index in [9.17, 15) is 9.59 Å². The number of hydrogen-bond acceptors (Lipinski definition) is 3. The minimum Gasteiger partial charge on any atom is -0.356 e. The molecule has 0 aliphatic rings. The fraction of sp³-hybridized carbons (Fsp3) is 0.526. The summed E-state index contributed by atoms with van der Waals surface area (Å²) in [6.45, 7) is 5.61. The van der Waals surface area contributed by atoms with E-state index in [0.717, 1.165) is 37.7 Å². The van der Waals surface area contributed by atoms with E-state index in [-0.39, 0.29) is 11.5 Å². The lowest BCUT2D eigenvalue weighted by Gasteiger charge is -2.09. The average Bonchev–Trinajstić information content (AvgIpc) is 2.57. The number of nitrogens with one attached hydrogen (secondary N) is 2. The van der Waals surface area contributed by atoms with E-state index >= 15 is 0 Å². The Labute approximate surface area is 153 Å². The highest BCUT2D eigenvalue weighted by Crippen LogP contribution is 2.07. The van der Waals surface area contributed by atoms with Crippen LogP contribution >= 0.6 is 12.2 Å². The summed E-state index contributed by atoms with van der Waals surface area (Å²) in [6, 6.07) is 7.39. The van der Waals surface area contributed by atoms with Crippen LogP contribution < -0.4 is 10.9 Å². The second-order valence-corrected chi connectivity index (χ2v) is 7.16. The number of aromatic nitrogens is 2. The van der Waals surface area contributed by atoms with Gasteiger partial charge in [0.05, 0.1) is 10.9 Å². The number of carbonyl (C=O) groups excluding carboxylic acids is 1. The molecule has 0 radical (unpaired) electrons. The molecule has 1 aromatic carbocycles. The Balaban J connectivity index is 1.79. The number of nitrogens with zero attached hydrogens (tertiary/aromatic N) is 1. The van der Waals surface area contributed by atoms with Crippen LogP contribution in [0.3, 0.4) is 0 Å². The molecule has 0 saturated heterocycles. The minimum atomic E-state index is -0.0502. The van der Waals surface area contributed by atoms with Gasteiger partial charge in [-0.05, 0) is 49.5 Å². The summed E-state index contributed by atoms with van der Waals surface area (Å²) < 4.78 is 2.07. The molecular formula is C19H27N3O2S. The molecule has 6 heteroatoms. The Morgan fingerprint density at radius 2 is 2.00 bits per heavy atom. The predicted molar refractivity (Wildman–Crippen MR) is 104 cm³/mol. The number of hydrogen-bond donors (Lipinski definition) is 2. The maximum Gasteiger partial charge on any atom is 0.262 e. The molecule has 0 fully saturated rings. The van der Waals surface area contributed by atoms with Crippen molar-refractivity contribution >= 4 is 29.0 Å². The van der Waals surface area contributed by atoms with Gasteiger partial charge in [-0.2, -0.15) is 0 Å². The first-order valence-corrected chi connectivity index (χ1v) is 9.38. The van der Waals surface area contributed by atoms with Crippen LogP contribution in [0.15, 0.2) is 29.1 Å². The lowest BCUT2D eigenvalue weighted by molar-refractivity contribution is -0.121. The molecule has 1 aromatic heterocycles. The molecule has 1 amide bonds. The second-order valence-electron chi connectivity index (χ2n) is 6.78. The van der Waals surface area contributed by atoms with E-state index in [1.54, 1.807) is 10.6 Å². The molecule has 0 spiro atoms. The zero-order chi connectivity index (χ0) is 18.2. The monoisotopic (exact) mass is 361 g/mol. The van der Waals surface area contributed by atoms with Crippen molar-refractivity contribution < 1.29 is 4.79 Å². The predicted octanol–water partition coefficient (Wildman–Crippen LogP) is 3.78. The Bertz CT molecular complexity index is 823. The van der Waals surface area contributed by atoms with E-state index in [2.05, 4.69) is 24.1 Å². The van der Waals surface area contributed by atoms with Gasteiger partial charge in [0.2, 0.25) is 5.91 Å². The molecule has 25 heavy (non-hydrogen) atoms. The molecule has 0 saturated carbocycles. The van der Waals surface area contributed by atoms with E-state index in [4.69, 9.17) is 12.2 Å². The summed E-state index contributed by atoms with van der Waals surface area (Å²) in [5.74, 6) is 0.714. The average molecular weight is 362 g/mol. The van der Waals surface area contributed by atoms with Crippen molar-refractivity contribution in [3.8, 4) is 0 Å². The highest BCUT2D eigenvalue weighted by atomic mass is 32.1. The van der Waals surface area contributed by atoms with Gasteiger partial charge in [0.1, 0.15) is 0 Å². The van der Waals surface area contributed by atoms with Crippen molar-refractivity contribution in [1.29, 1.82) is 0 Å². The van der Waals surface area contributed by atoms with Crippen LogP contribution in [0.2, 0.25) is 0 Å². The number of unbranched alkanes of at least 4 members (excludes halogenated alkanes) is 2. The number of rotatable bonds is 9. The number of aromatic amines is 1. The Hall–Kier alpha value is -1.95. The fourth-order valence-corrected chi connectivity index (χ4v) is 3.01. The van der Waals surface area contributed by atoms with Crippen molar-refractivity contribution in [1.82, 2.24) is 14.9 Å². The second kappa shape index (κ2) is 9.51. The third-order valence-electron chi connectivity index (χ3n) is 4.22. The van der Waals surface area contributed by atoms with E-state index in [1.807, 2.05) is 18.2 Å². The number of H-pyrrole nitrogens is 1. The molecule has 5 nitrogen and oxygen atoms in total. The maximum absolute atomic E-state index is 12.5. The van der Waals surface area contributed by atoms with Gasteiger partial charge in [0, 0.05) is 19.5 Å². The maximum atomic E-state index is 12.5. The molecule has 0 aliphatic heterocycles. The summed E-state index contributed by atoms with van der Waals surface area (Å²) in [6.07, 6.45) is 4.10. The number of para-hydroxylation sites is 1. The van der Waals surface area contributed by atoms with Gasteiger partial charge in [0.15, 0.2) is 4.77 Å².